The minimum atomic E-state index is -0.581. The van der Waals surface area contributed by atoms with Crippen LogP contribution >= 0.6 is 0 Å². The van der Waals surface area contributed by atoms with Crippen molar-refractivity contribution in [3.05, 3.63) is 35.6 Å². The molecule has 0 N–H and O–H groups in total. The SMILES string of the molecule is O=C(N1CCC(CN2CCOCC2)CC1)C1(c2ccccc2F)CC1. The van der Waals surface area contributed by atoms with E-state index in [0.717, 1.165) is 71.6 Å². The smallest absolute Gasteiger partial charge is 0.233 e. The summed E-state index contributed by atoms with van der Waals surface area (Å²) in [5.74, 6) is 0.559. The Morgan fingerprint density at radius 1 is 1.12 bits per heavy atom. The zero-order valence-electron chi connectivity index (χ0n) is 14.8. The molecule has 0 atom stereocenters. The highest BCUT2D eigenvalue weighted by Crippen LogP contribution is 2.50. The molecule has 4 rings (SSSR count). The number of amides is 1. The van der Waals surface area contributed by atoms with E-state index in [4.69, 9.17) is 4.74 Å². The summed E-state index contributed by atoms with van der Waals surface area (Å²) in [5.41, 5.74) is 0.0120. The molecule has 2 heterocycles. The number of carbonyl (C=O) groups excluding carboxylic acids is 1. The Morgan fingerprint density at radius 3 is 2.44 bits per heavy atom. The van der Waals surface area contributed by atoms with Gasteiger partial charge in [0.2, 0.25) is 5.91 Å². The minimum Gasteiger partial charge on any atom is -0.379 e. The third-order valence-corrected chi connectivity index (χ3v) is 6.07. The molecule has 0 spiro atoms. The Hall–Kier alpha value is -1.46. The Balaban J connectivity index is 1.34. The van der Waals surface area contributed by atoms with Crippen LogP contribution < -0.4 is 0 Å². The highest BCUT2D eigenvalue weighted by Gasteiger charge is 2.54. The van der Waals surface area contributed by atoms with Gasteiger partial charge in [-0.2, -0.15) is 0 Å². The first kappa shape index (κ1) is 17.0. The molecule has 1 saturated carbocycles. The molecule has 136 valence electrons. The van der Waals surface area contributed by atoms with Crippen molar-refractivity contribution in [1.82, 2.24) is 9.80 Å². The highest BCUT2D eigenvalue weighted by atomic mass is 19.1. The number of nitrogens with zero attached hydrogens (tertiary/aromatic N) is 2. The number of benzene rings is 1. The molecule has 0 bridgehead atoms. The maximum atomic E-state index is 14.2. The van der Waals surface area contributed by atoms with Crippen LogP contribution in [-0.2, 0) is 14.9 Å². The molecule has 2 aliphatic heterocycles. The van der Waals surface area contributed by atoms with E-state index in [9.17, 15) is 9.18 Å². The first-order valence-electron chi connectivity index (χ1n) is 9.53. The van der Waals surface area contributed by atoms with Gasteiger partial charge in [0.1, 0.15) is 5.82 Å². The fraction of sp³-hybridized carbons (Fsp3) is 0.650. The van der Waals surface area contributed by atoms with Gasteiger partial charge >= 0.3 is 0 Å². The van der Waals surface area contributed by atoms with Crippen LogP contribution in [0.15, 0.2) is 24.3 Å². The lowest BCUT2D eigenvalue weighted by Gasteiger charge is -2.37. The summed E-state index contributed by atoms with van der Waals surface area (Å²) in [6, 6.07) is 6.78. The maximum absolute atomic E-state index is 14.2. The van der Waals surface area contributed by atoms with Crippen LogP contribution in [0.4, 0.5) is 4.39 Å². The number of ether oxygens (including phenoxy) is 1. The number of morpholine rings is 1. The molecule has 3 fully saturated rings. The topological polar surface area (TPSA) is 32.8 Å². The quantitative estimate of drug-likeness (QED) is 0.839. The average Bonchev–Trinajstić information content (AvgIpc) is 3.45. The van der Waals surface area contributed by atoms with Crippen molar-refractivity contribution in [3.8, 4) is 0 Å². The molecule has 1 aromatic carbocycles. The van der Waals surface area contributed by atoms with E-state index in [2.05, 4.69) is 4.90 Å². The van der Waals surface area contributed by atoms with Crippen LogP contribution in [0.25, 0.3) is 0 Å². The largest absolute Gasteiger partial charge is 0.379 e. The monoisotopic (exact) mass is 346 g/mol. The number of hydrogen-bond donors (Lipinski definition) is 0. The number of carbonyl (C=O) groups is 1. The Kier molecular flexibility index (Phi) is 4.78. The molecule has 3 aliphatic rings. The van der Waals surface area contributed by atoms with Gasteiger partial charge in [-0.15, -0.1) is 0 Å². The Bertz CT molecular complexity index is 618. The molecule has 4 nitrogen and oxygen atoms in total. The summed E-state index contributed by atoms with van der Waals surface area (Å²) in [6.45, 7) is 6.45. The Morgan fingerprint density at radius 2 is 1.80 bits per heavy atom. The third kappa shape index (κ3) is 3.44. The summed E-state index contributed by atoms with van der Waals surface area (Å²) in [6.07, 6.45) is 3.66. The molecule has 25 heavy (non-hydrogen) atoms. The van der Waals surface area contributed by atoms with E-state index in [1.165, 1.54) is 6.07 Å². The molecule has 2 saturated heterocycles. The summed E-state index contributed by atoms with van der Waals surface area (Å²) in [4.78, 5) is 17.5. The number of hydrogen-bond acceptors (Lipinski definition) is 3. The molecule has 1 aromatic rings. The maximum Gasteiger partial charge on any atom is 0.233 e. The van der Waals surface area contributed by atoms with E-state index < -0.39 is 5.41 Å². The van der Waals surface area contributed by atoms with Crippen molar-refractivity contribution in [2.75, 3.05) is 45.9 Å². The summed E-state index contributed by atoms with van der Waals surface area (Å²) in [7, 11) is 0. The predicted molar refractivity (Wildman–Crippen MR) is 93.9 cm³/mol. The van der Waals surface area contributed by atoms with Gasteiger partial charge < -0.3 is 9.64 Å². The van der Waals surface area contributed by atoms with E-state index >= 15 is 0 Å². The fourth-order valence-corrected chi connectivity index (χ4v) is 4.34. The highest BCUT2D eigenvalue weighted by molar-refractivity contribution is 5.91. The van der Waals surface area contributed by atoms with Crippen LogP contribution in [0.3, 0.4) is 0 Å². The lowest BCUT2D eigenvalue weighted by molar-refractivity contribution is -0.135. The van der Waals surface area contributed by atoms with Gasteiger partial charge in [0.05, 0.1) is 18.6 Å². The van der Waals surface area contributed by atoms with E-state index in [-0.39, 0.29) is 11.7 Å². The van der Waals surface area contributed by atoms with Gasteiger partial charge in [-0.25, -0.2) is 4.39 Å². The van der Waals surface area contributed by atoms with Crippen LogP contribution in [0.5, 0.6) is 0 Å². The number of halogens is 1. The van der Waals surface area contributed by atoms with Crippen LogP contribution in [0.1, 0.15) is 31.2 Å². The molecular weight excluding hydrogens is 319 g/mol. The summed E-state index contributed by atoms with van der Waals surface area (Å²) >= 11 is 0. The number of rotatable bonds is 4. The standard InChI is InChI=1S/C20H27FN2O2/c21-18-4-2-1-3-17(18)20(7-8-20)19(24)23-9-5-16(6-10-23)15-22-11-13-25-14-12-22/h1-4,16H,5-15H2. The summed E-state index contributed by atoms with van der Waals surface area (Å²) < 4.78 is 19.6. The van der Waals surface area contributed by atoms with Gasteiger partial charge in [0.25, 0.3) is 0 Å². The first-order chi connectivity index (χ1) is 12.2. The normalized spacial score (nSPS) is 24.3. The average molecular weight is 346 g/mol. The fourth-order valence-electron chi connectivity index (χ4n) is 4.34. The van der Waals surface area contributed by atoms with E-state index in [1.807, 2.05) is 11.0 Å². The second-order valence-electron chi connectivity index (χ2n) is 7.71. The second kappa shape index (κ2) is 7.04. The van der Waals surface area contributed by atoms with Crippen molar-refractivity contribution in [2.24, 2.45) is 5.92 Å². The van der Waals surface area contributed by atoms with Crippen molar-refractivity contribution in [2.45, 2.75) is 31.1 Å². The van der Waals surface area contributed by atoms with Crippen LogP contribution in [-0.4, -0.2) is 61.6 Å². The number of piperidine rings is 1. The summed E-state index contributed by atoms with van der Waals surface area (Å²) in [5, 5.41) is 0. The molecule has 0 unspecified atom stereocenters. The van der Waals surface area contributed by atoms with Crippen molar-refractivity contribution in [3.63, 3.8) is 0 Å². The van der Waals surface area contributed by atoms with Crippen LogP contribution in [0, 0.1) is 11.7 Å². The second-order valence-corrected chi connectivity index (χ2v) is 7.71. The zero-order valence-corrected chi connectivity index (χ0v) is 14.8. The Labute approximate surface area is 148 Å². The van der Waals surface area contributed by atoms with Crippen molar-refractivity contribution in [1.29, 1.82) is 0 Å². The lowest BCUT2D eigenvalue weighted by atomic mass is 9.90. The third-order valence-electron chi connectivity index (χ3n) is 6.07. The van der Waals surface area contributed by atoms with Gasteiger partial charge in [0, 0.05) is 38.3 Å². The molecular formula is C20H27FN2O2. The van der Waals surface area contributed by atoms with Gasteiger partial charge in [-0.3, -0.25) is 9.69 Å². The molecule has 1 amide bonds. The molecule has 1 aliphatic carbocycles. The predicted octanol–water partition coefficient (Wildman–Crippen LogP) is 2.43. The van der Waals surface area contributed by atoms with Gasteiger partial charge in [-0.05, 0) is 37.7 Å². The van der Waals surface area contributed by atoms with E-state index in [0.29, 0.717) is 11.5 Å². The van der Waals surface area contributed by atoms with E-state index in [1.54, 1.807) is 12.1 Å². The zero-order chi connectivity index (χ0) is 17.3. The van der Waals surface area contributed by atoms with Crippen LogP contribution in [0.2, 0.25) is 0 Å². The number of likely N-dealkylation sites (tertiary alicyclic amines) is 1. The van der Waals surface area contributed by atoms with Crippen molar-refractivity contribution >= 4 is 5.91 Å². The van der Waals surface area contributed by atoms with Gasteiger partial charge in [0.15, 0.2) is 0 Å². The minimum absolute atomic E-state index is 0.141. The first-order valence-corrected chi connectivity index (χ1v) is 9.53. The van der Waals surface area contributed by atoms with Crippen molar-refractivity contribution < 1.29 is 13.9 Å². The molecule has 0 aromatic heterocycles. The molecule has 0 radical (unpaired) electrons. The van der Waals surface area contributed by atoms with Gasteiger partial charge in [-0.1, -0.05) is 18.2 Å². The molecule has 5 heteroatoms. The lowest BCUT2D eigenvalue weighted by Crippen LogP contribution is -2.47.